The Kier molecular flexibility index (Phi) is 8.05. The molecular weight excluding hydrogens is 422 g/mol. The number of thioether (sulfide) groups is 1. The predicted molar refractivity (Wildman–Crippen MR) is 128 cm³/mol. The highest BCUT2D eigenvalue weighted by Gasteiger charge is 2.20. The molecule has 8 heteroatoms. The maximum atomic E-state index is 12.8. The first kappa shape index (κ1) is 23.5. The zero-order valence-electron chi connectivity index (χ0n) is 18.9. The van der Waals surface area contributed by atoms with Crippen LogP contribution in [0.15, 0.2) is 59.8 Å². The van der Waals surface area contributed by atoms with Crippen LogP contribution >= 0.6 is 11.8 Å². The number of para-hydroxylation sites is 1. The van der Waals surface area contributed by atoms with E-state index in [0.717, 1.165) is 22.6 Å². The number of amides is 2. The number of aryl methyl sites for hydroxylation is 1. The molecule has 0 bridgehead atoms. The Balaban J connectivity index is 1.82. The molecule has 0 saturated heterocycles. The van der Waals surface area contributed by atoms with Gasteiger partial charge in [0.2, 0.25) is 11.8 Å². The van der Waals surface area contributed by atoms with E-state index in [9.17, 15) is 9.59 Å². The van der Waals surface area contributed by atoms with E-state index >= 15 is 0 Å². The molecule has 168 valence electrons. The highest BCUT2D eigenvalue weighted by molar-refractivity contribution is 7.99. The smallest absolute Gasteiger partial charge is 0.239 e. The highest BCUT2D eigenvalue weighted by Crippen LogP contribution is 2.28. The number of nitrogens with one attached hydrogen (secondary N) is 1. The van der Waals surface area contributed by atoms with Crippen molar-refractivity contribution in [3.63, 3.8) is 0 Å². The van der Waals surface area contributed by atoms with E-state index in [1.165, 1.54) is 11.8 Å². The number of carbonyl (C=O) groups is 2. The van der Waals surface area contributed by atoms with Crippen LogP contribution in [-0.4, -0.2) is 56.4 Å². The van der Waals surface area contributed by atoms with Crippen LogP contribution in [0.5, 0.6) is 0 Å². The number of nitrogens with zero attached hydrogens (tertiary/aromatic N) is 4. The summed E-state index contributed by atoms with van der Waals surface area (Å²) in [4.78, 5) is 26.4. The second-order valence-electron chi connectivity index (χ2n) is 7.77. The molecule has 2 amide bonds. The van der Waals surface area contributed by atoms with Gasteiger partial charge in [-0.1, -0.05) is 53.7 Å². The summed E-state index contributed by atoms with van der Waals surface area (Å²) in [5.74, 6) is 0.616. The molecule has 0 radical (unpaired) electrons. The third kappa shape index (κ3) is 5.97. The van der Waals surface area contributed by atoms with Crippen molar-refractivity contribution in [1.82, 2.24) is 25.0 Å². The second-order valence-corrected chi connectivity index (χ2v) is 8.71. The summed E-state index contributed by atoms with van der Waals surface area (Å²) in [5, 5.41) is 12.3. The van der Waals surface area contributed by atoms with Crippen molar-refractivity contribution in [1.29, 1.82) is 0 Å². The van der Waals surface area contributed by atoms with Crippen molar-refractivity contribution in [3.05, 3.63) is 60.2 Å². The Bertz CT molecular complexity index is 1070. The van der Waals surface area contributed by atoms with Gasteiger partial charge in [0.05, 0.1) is 12.3 Å². The van der Waals surface area contributed by atoms with Crippen LogP contribution in [-0.2, 0) is 9.59 Å². The molecule has 3 aromatic rings. The average molecular weight is 452 g/mol. The van der Waals surface area contributed by atoms with Gasteiger partial charge in [-0.15, -0.1) is 10.2 Å². The Hall–Kier alpha value is -3.13. The first-order chi connectivity index (χ1) is 15.4. The van der Waals surface area contributed by atoms with E-state index in [1.54, 1.807) is 4.90 Å². The number of hydrogen-bond acceptors (Lipinski definition) is 5. The third-order valence-electron chi connectivity index (χ3n) is 4.77. The number of rotatable bonds is 9. The fraction of sp³-hybridized carbons (Fsp3) is 0.333. The minimum atomic E-state index is -0.158. The molecule has 32 heavy (non-hydrogen) atoms. The summed E-state index contributed by atoms with van der Waals surface area (Å²) in [7, 11) is 0. The van der Waals surface area contributed by atoms with Crippen LogP contribution in [0, 0.1) is 6.92 Å². The summed E-state index contributed by atoms with van der Waals surface area (Å²) >= 11 is 1.32. The lowest BCUT2D eigenvalue weighted by Gasteiger charge is -2.21. The van der Waals surface area contributed by atoms with Gasteiger partial charge in [-0.2, -0.15) is 0 Å². The van der Waals surface area contributed by atoms with Gasteiger partial charge in [-0.05, 0) is 45.9 Å². The molecule has 1 heterocycles. The number of hydrogen-bond donors (Lipinski definition) is 1. The maximum absolute atomic E-state index is 12.8. The number of aromatic nitrogens is 3. The van der Waals surface area contributed by atoms with Crippen LogP contribution in [0.25, 0.3) is 17.1 Å². The minimum Gasteiger partial charge on any atom is -0.352 e. The lowest BCUT2D eigenvalue weighted by molar-refractivity contribution is -0.134. The summed E-state index contributed by atoms with van der Waals surface area (Å²) in [6.07, 6.45) is 0. The van der Waals surface area contributed by atoms with Crippen LogP contribution in [0.3, 0.4) is 0 Å². The Morgan fingerprint density at radius 1 is 1.09 bits per heavy atom. The fourth-order valence-electron chi connectivity index (χ4n) is 3.28. The van der Waals surface area contributed by atoms with Gasteiger partial charge < -0.3 is 10.2 Å². The van der Waals surface area contributed by atoms with Crippen molar-refractivity contribution in [2.24, 2.45) is 0 Å². The molecule has 0 aliphatic heterocycles. The molecule has 0 aliphatic rings. The quantitative estimate of drug-likeness (QED) is 0.502. The molecule has 0 fully saturated rings. The van der Waals surface area contributed by atoms with E-state index in [-0.39, 0.29) is 30.2 Å². The van der Waals surface area contributed by atoms with Crippen molar-refractivity contribution in [2.75, 3.05) is 18.8 Å². The number of likely N-dealkylation sites (N-methyl/N-ethyl adjacent to an activating group) is 1. The average Bonchev–Trinajstić information content (AvgIpc) is 3.20. The maximum Gasteiger partial charge on any atom is 0.239 e. The summed E-state index contributed by atoms with van der Waals surface area (Å²) in [5.41, 5.74) is 3.01. The first-order valence-corrected chi connectivity index (χ1v) is 11.7. The Morgan fingerprint density at radius 2 is 1.84 bits per heavy atom. The molecule has 1 aromatic heterocycles. The van der Waals surface area contributed by atoms with Crippen molar-refractivity contribution >= 4 is 23.6 Å². The molecule has 3 rings (SSSR count). The largest absolute Gasteiger partial charge is 0.352 e. The van der Waals surface area contributed by atoms with Gasteiger partial charge in [-0.25, -0.2) is 0 Å². The van der Waals surface area contributed by atoms with Gasteiger partial charge in [-0.3, -0.25) is 14.2 Å². The van der Waals surface area contributed by atoms with E-state index in [2.05, 4.69) is 21.6 Å². The third-order valence-corrected chi connectivity index (χ3v) is 5.68. The molecule has 0 unspecified atom stereocenters. The Labute approximate surface area is 193 Å². The number of benzene rings is 2. The molecule has 7 nitrogen and oxygen atoms in total. The van der Waals surface area contributed by atoms with Crippen LogP contribution in [0.2, 0.25) is 0 Å². The fourth-order valence-corrected chi connectivity index (χ4v) is 4.13. The Morgan fingerprint density at radius 3 is 2.50 bits per heavy atom. The van der Waals surface area contributed by atoms with Gasteiger partial charge in [0.1, 0.15) is 0 Å². The highest BCUT2D eigenvalue weighted by atomic mass is 32.2. The van der Waals surface area contributed by atoms with Crippen LogP contribution < -0.4 is 5.32 Å². The second kappa shape index (κ2) is 10.9. The molecule has 0 saturated carbocycles. The predicted octanol–water partition coefficient (Wildman–Crippen LogP) is 3.71. The van der Waals surface area contributed by atoms with Crippen LogP contribution in [0.1, 0.15) is 26.3 Å². The summed E-state index contributed by atoms with van der Waals surface area (Å²) < 4.78 is 1.97. The van der Waals surface area contributed by atoms with Gasteiger partial charge in [0.15, 0.2) is 11.0 Å². The zero-order chi connectivity index (χ0) is 23.1. The normalized spacial score (nSPS) is 10.9. The molecule has 0 aliphatic carbocycles. The monoisotopic (exact) mass is 451 g/mol. The van der Waals surface area contributed by atoms with E-state index in [1.807, 2.05) is 80.8 Å². The van der Waals surface area contributed by atoms with Crippen molar-refractivity contribution in [3.8, 4) is 17.1 Å². The molecular formula is C24H29N5O2S. The van der Waals surface area contributed by atoms with E-state index in [4.69, 9.17) is 0 Å². The van der Waals surface area contributed by atoms with Crippen molar-refractivity contribution in [2.45, 2.75) is 38.9 Å². The topological polar surface area (TPSA) is 80.1 Å². The van der Waals surface area contributed by atoms with E-state index < -0.39 is 0 Å². The SMILES string of the molecule is CCN(CC(=O)NC(C)C)C(=O)CSc1nnc(-c2cccc(C)c2)n1-c1ccccc1. The summed E-state index contributed by atoms with van der Waals surface area (Å²) in [6, 6.07) is 18.0. The zero-order valence-corrected chi connectivity index (χ0v) is 19.7. The lowest BCUT2D eigenvalue weighted by Crippen LogP contribution is -2.43. The molecule has 1 N–H and O–H groups in total. The molecule has 0 spiro atoms. The van der Waals surface area contributed by atoms with Gasteiger partial charge >= 0.3 is 0 Å². The number of carbonyl (C=O) groups excluding carboxylic acids is 2. The summed E-state index contributed by atoms with van der Waals surface area (Å²) in [6.45, 7) is 8.21. The van der Waals surface area contributed by atoms with Gasteiger partial charge in [0, 0.05) is 23.8 Å². The lowest BCUT2D eigenvalue weighted by atomic mass is 10.1. The van der Waals surface area contributed by atoms with Crippen molar-refractivity contribution < 1.29 is 9.59 Å². The first-order valence-electron chi connectivity index (χ1n) is 10.7. The molecule has 0 atom stereocenters. The van der Waals surface area contributed by atoms with Gasteiger partial charge in [0.25, 0.3) is 0 Å². The standard InChI is InChI=1S/C24H29N5O2S/c1-5-28(15-21(30)25-17(2)3)22(31)16-32-24-27-26-23(19-11-9-10-18(4)14-19)29(24)20-12-7-6-8-13-20/h6-14,17H,5,15-16H2,1-4H3,(H,25,30). The molecule has 2 aromatic carbocycles. The minimum absolute atomic E-state index is 0.0372. The van der Waals surface area contributed by atoms with E-state index in [0.29, 0.717) is 11.7 Å². The van der Waals surface area contributed by atoms with Crippen LogP contribution in [0.4, 0.5) is 0 Å².